The van der Waals surface area contributed by atoms with Gasteiger partial charge in [-0.05, 0) is 42.3 Å². The molecule has 0 aliphatic heterocycles. The first-order chi connectivity index (χ1) is 9.52. The first kappa shape index (κ1) is 14.3. The Morgan fingerprint density at radius 1 is 1.25 bits per heavy atom. The molecule has 0 saturated heterocycles. The van der Waals surface area contributed by atoms with Gasteiger partial charge < -0.3 is 10.4 Å². The van der Waals surface area contributed by atoms with E-state index in [9.17, 15) is 14.3 Å². The van der Waals surface area contributed by atoms with Crippen molar-refractivity contribution in [3.63, 3.8) is 0 Å². The molecule has 2 aromatic carbocycles. The number of carbonyl (C=O) groups excluding carboxylic acids is 1. The number of aromatic hydroxyl groups is 1. The predicted octanol–water partition coefficient (Wildman–Crippen LogP) is 3.60. The van der Waals surface area contributed by atoms with Gasteiger partial charge in [-0.15, -0.1) is 0 Å². The van der Waals surface area contributed by atoms with Gasteiger partial charge in [0.05, 0.1) is 10.6 Å². The third kappa shape index (κ3) is 2.91. The molecule has 20 heavy (non-hydrogen) atoms. The van der Waals surface area contributed by atoms with E-state index in [1.54, 1.807) is 19.1 Å². The van der Waals surface area contributed by atoms with Gasteiger partial charge in [-0.25, -0.2) is 4.39 Å². The topological polar surface area (TPSA) is 49.3 Å². The summed E-state index contributed by atoms with van der Waals surface area (Å²) in [6, 6.07) is 8.94. The summed E-state index contributed by atoms with van der Waals surface area (Å²) in [5.74, 6) is -1.08. The van der Waals surface area contributed by atoms with Crippen LogP contribution in [0.3, 0.4) is 0 Å². The number of benzene rings is 2. The molecule has 2 aromatic rings. The second-order valence-corrected chi connectivity index (χ2v) is 4.63. The Labute approximate surface area is 121 Å². The lowest BCUT2D eigenvalue weighted by atomic mass is 10.0. The Morgan fingerprint density at radius 2 is 1.90 bits per heavy atom. The lowest BCUT2D eigenvalue weighted by molar-refractivity contribution is 0.0952. The second-order valence-electron chi connectivity index (χ2n) is 4.22. The molecule has 0 saturated carbocycles. The van der Waals surface area contributed by atoms with Crippen LogP contribution in [0.4, 0.5) is 4.39 Å². The van der Waals surface area contributed by atoms with Gasteiger partial charge in [0, 0.05) is 6.54 Å². The van der Waals surface area contributed by atoms with Crippen molar-refractivity contribution in [3.05, 3.63) is 52.8 Å². The first-order valence-electron chi connectivity index (χ1n) is 6.09. The molecule has 0 spiro atoms. The minimum atomic E-state index is -0.599. The lowest BCUT2D eigenvalue weighted by Gasteiger charge is -2.07. The molecule has 0 unspecified atom stereocenters. The lowest BCUT2D eigenvalue weighted by Crippen LogP contribution is -2.23. The maximum absolute atomic E-state index is 13.9. The minimum Gasteiger partial charge on any atom is -0.506 e. The van der Waals surface area contributed by atoms with Crippen LogP contribution in [-0.2, 0) is 0 Å². The highest BCUT2D eigenvalue weighted by molar-refractivity contribution is 6.32. The molecular weight excluding hydrogens is 281 g/mol. The number of carbonyl (C=O) groups is 1. The highest BCUT2D eigenvalue weighted by atomic mass is 35.5. The summed E-state index contributed by atoms with van der Waals surface area (Å²) in [5.41, 5.74) is 1.24. The molecule has 104 valence electrons. The molecule has 2 rings (SSSR count). The van der Waals surface area contributed by atoms with E-state index >= 15 is 0 Å². The Bertz CT molecular complexity index is 658. The molecule has 5 heteroatoms. The highest BCUT2D eigenvalue weighted by Gasteiger charge is 2.12. The molecule has 1 amide bonds. The maximum Gasteiger partial charge on any atom is 0.254 e. The van der Waals surface area contributed by atoms with Crippen molar-refractivity contribution in [2.75, 3.05) is 6.54 Å². The van der Waals surface area contributed by atoms with Crippen LogP contribution in [0.1, 0.15) is 17.3 Å². The highest BCUT2D eigenvalue weighted by Crippen LogP contribution is 2.30. The maximum atomic E-state index is 13.9. The van der Waals surface area contributed by atoms with Gasteiger partial charge in [0.2, 0.25) is 0 Å². The Morgan fingerprint density at radius 3 is 2.50 bits per heavy atom. The minimum absolute atomic E-state index is 0.000440. The summed E-state index contributed by atoms with van der Waals surface area (Å²) in [7, 11) is 0. The second kappa shape index (κ2) is 5.92. The number of halogens is 2. The number of rotatable bonds is 3. The molecule has 0 heterocycles. The van der Waals surface area contributed by atoms with Gasteiger partial charge in [0.15, 0.2) is 0 Å². The Kier molecular flexibility index (Phi) is 4.25. The molecule has 0 aliphatic carbocycles. The molecule has 0 atom stereocenters. The zero-order chi connectivity index (χ0) is 14.7. The fourth-order valence-corrected chi connectivity index (χ4v) is 2.00. The first-order valence-corrected chi connectivity index (χ1v) is 6.47. The monoisotopic (exact) mass is 293 g/mol. The standard InChI is InChI=1S/C15H13ClFNO2/c1-2-18-15(20)11-5-3-10(8-13(11)17)9-4-6-14(19)12(16)7-9/h3-8,19H,2H2,1H3,(H,18,20). The van der Waals surface area contributed by atoms with Gasteiger partial charge in [-0.1, -0.05) is 23.7 Å². The average Bonchev–Trinajstić information content (AvgIpc) is 2.42. The zero-order valence-electron chi connectivity index (χ0n) is 10.8. The number of phenols is 1. The summed E-state index contributed by atoms with van der Waals surface area (Å²) < 4.78 is 13.9. The molecule has 2 N–H and O–H groups in total. The van der Waals surface area contributed by atoms with Crippen molar-refractivity contribution in [3.8, 4) is 16.9 Å². The number of hydrogen-bond acceptors (Lipinski definition) is 2. The summed E-state index contributed by atoms with van der Waals surface area (Å²) in [4.78, 5) is 11.6. The van der Waals surface area contributed by atoms with E-state index in [1.807, 2.05) is 0 Å². The van der Waals surface area contributed by atoms with Crippen LogP contribution in [0.25, 0.3) is 11.1 Å². The van der Waals surface area contributed by atoms with Crippen LogP contribution < -0.4 is 5.32 Å². The van der Waals surface area contributed by atoms with Crippen molar-refractivity contribution < 1.29 is 14.3 Å². The van der Waals surface area contributed by atoms with Crippen LogP contribution in [0.5, 0.6) is 5.75 Å². The summed E-state index contributed by atoms with van der Waals surface area (Å²) >= 11 is 5.82. The van der Waals surface area contributed by atoms with Gasteiger partial charge in [-0.2, -0.15) is 0 Å². The largest absolute Gasteiger partial charge is 0.506 e. The molecule has 0 aromatic heterocycles. The number of amides is 1. The van der Waals surface area contributed by atoms with Crippen LogP contribution >= 0.6 is 11.6 Å². The fourth-order valence-electron chi connectivity index (χ4n) is 1.82. The van der Waals surface area contributed by atoms with E-state index in [4.69, 9.17) is 11.6 Å². The van der Waals surface area contributed by atoms with Crippen molar-refractivity contribution in [2.45, 2.75) is 6.92 Å². The molecular formula is C15H13ClFNO2. The number of phenolic OH excluding ortho intramolecular Hbond substituents is 1. The molecule has 0 radical (unpaired) electrons. The van der Waals surface area contributed by atoms with E-state index in [-0.39, 0.29) is 16.3 Å². The van der Waals surface area contributed by atoms with Crippen LogP contribution in [0.2, 0.25) is 5.02 Å². The van der Waals surface area contributed by atoms with Crippen LogP contribution in [0.15, 0.2) is 36.4 Å². The average molecular weight is 294 g/mol. The SMILES string of the molecule is CCNC(=O)c1ccc(-c2ccc(O)c(Cl)c2)cc1F. The third-order valence-corrected chi connectivity index (χ3v) is 3.13. The van der Waals surface area contributed by atoms with Crippen molar-refractivity contribution in [1.29, 1.82) is 0 Å². The van der Waals surface area contributed by atoms with E-state index in [2.05, 4.69) is 5.32 Å². The van der Waals surface area contributed by atoms with E-state index in [0.717, 1.165) is 0 Å². The molecule has 0 fully saturated rings. The van der Waals surface area contributed by atoms with Gasteiger partial charge in [-0.3, -0.25) is 4.79 Å². The summed E-state index contributed by atoms with van der Waals surface area (Å²) in [6.07, 6.45) is 0. The zero-order valence-corrected chi connectivity index (χ0v) is 11.5. The molecule has 0 aliphatic rings. The smallest absolute Gasteiger partial charge is 0.254 e. The van der Waals surface area contributed by atoms with Gasteiger partial charge in [0.1, 0.15) is 11.6 Å². The van der Waals surface area contributed by atoms with Gasteiger partial charge >= 0.3 is 0 Å². The third-order valence-electron chi connectivity index (χ3n) is 2.83. The Balaban J connectivity index is 2.37. The molecule has 0 bridgehead atoms. The normalized spacial score (nSPS) is 10.3. The molecule has 3 nitrogen and oxygen atoms in total. The van der Waals surface area contributed by atoms with Crippen molar-refractivity contribution in [1.82, 2.24) is 5.32 Å². The predicted molar refractivity (Wildman–Crippen MR) is 76.5 cm³/mol. The quantitative estimate of drug-likeness (QED) is 0.908. The van der Waals surface area contributed by atoms with Crippen molar-refractivity contribution in [2.24, 2.45) is 0 Å². The summed E-state index contributed by atoms with van der Waals surface area (Å²) in [5, 5.41) is 12.1. The summed E-state index contributed by atoms with van der Waals surface area (Å²) in [6.45, 7) is 2.20. The Hall–Kier alpha value is -2.07. The number of hydrogen-bond donors (Lipinski definition) is 2. The fraction of sp³-hybridized carbons (Fsp3) is 0.133. The van der Waals surface area contributed by atoms with Crippen LogP contribution in [0, 0.1) is 5.82 Å². The number of nitrogens with one attached hydrogen (secondary N) is 1. The van der Waals surface area contributed by atoms with E-state index < -0.39 is 11.7 Å². The van der Waals surface area contributed by atoms with Crippen LogP contribution in [-0.4, -0.2) is 17.6 Å². The van der Waals surface area contributed by atoms with E-state index in [0.29, 0.717) is 17.7 Å². The van der Waals surface area contributed by atoms with Crippen molar-refractivity contribution >= 4 is 17.5 Å². The van der Waals surface area contributed by atoms with Gasteiger partial charge in [0.25, 0.3) is 5.91 Å². The van der Waals surface area contributed by atoms with E-state index in [1.165, 1.54) is 24.3 Å².